The van der Waals surface area contributed by atoms with Gasteiger partial charge in [0.25, 0.3) is 11.3 Å². The number of rotatable bonds is 3. The van der Waals surface area contributed by atoms with E-state index in [0.717, 1.165) is 38.3 Å². The first kappa shape index (κ1) is 15.8. The van der Waals surface area contributed by atoms with Crippen molar-refractivity contribution in [1.82, 2.24) is 24.5 Å². The van der Waals surface area contributed by atoms with E-state index in [-0.39, 0.29) is 5.56 Å². The quantitative estimate of drug-likeness (QED) is 0.782. The largest absolute Gasteiger partial charge is 0.370 e. The Balaban J connectivity index is 1.47. The summed E-state index contributed by atoms with van der Waals surface area (Å²) in [6.07, 6.45) is 2.58. The first-order valence-electron chi connectivity index (χ1n) is 8.66. The topological polar surface area (TPSA) is 69.5 Å². The minimum atomic E-state index is -0.117. The van der Waals surface area contributed by atoms with E-state index < -0.39 is 0 Å². The average molecular weight is 338 g/mol. The van der Waals surface area contributed by atoms with Gasteiger partial charge in [-0.3, -0.25) is 14.8 Å². The second-order valence-electron chi connectivity index (χ2n) is 6.51. The molecule has 4 rings (SSSR count). The molecule has 7 heteroatoms. The smallest absolute Gasteiger partial charge is 0.274 e. The second kappa shape index (κ2) is 6.68. The lowest BCUT2D eigenvalue weighted by atomic mass is 10.2. The minimum Gasteiger partial charge on any atom is -0.370 e. The first-order valence-corrected chi connectivity index (χ1v) is 8.66. The Hall–Kier alpha value is -2.67. The van der Waals surface area contributed by atoms with Crippen LogP contribution in [0.4, 0.5) is 5.69 Å². The van der Waals surface area contributed by atoms with Crippen LogP contribution in [-0.4, -0.2) is 50.7 Å². The van der Waals surface area contributed by atoms with Gasteiger partial charge in [-0.2, -0.15) is 4.52 Å². The molecule has 0 amide bonds. The number of hydrogen-bond donors (Lipinski definition) is 1. The fraction of sp³-hybridized carbons (Fsp3) is 0.389. The summed E-state index contributed by atoms with van der Waals surface area (Å²) in [7, 11) is 0. The molecule has 3 heterocycles. The van der Waals surface area contributed by atoms with Crippen molar-refractivity contribution in [2.24, 2.45) is 0 Å². The highest BCUT2D eigenvalue weighted by Gasteiger charge is 2.17. The first-order chi connectivity index (χ1) is 12.2. The zero-order valence-corrected chi connectivity index (χ0v) is 14.4. The molecule has 2 aromatic heterocycles. The number of anilines is 1. The lowest BCUT2D eigenvalue weighted by Gasteiger charge is -2.25. The molecule has 1 N–H and O–H groups in total. The van der Waals surface area contributed by atoms with Crippen molar-refractivity contribution in [2.45, 2.75) is 19.9 Å². The van der Waals surface area contributed by atoms with Crippen LogP contribution in [0.2, 0.25) is 0 Å². The van der Waals surface area contributed by atoms with E-state index >= 15 is 0 Å². The SMILES string of the molecule is Cc1ccccc1N1CCCN(Cc2cc(=O)n3[nH]cnc3n2)CC1. The highest BCUT2D eigenvalue weighted by atomic mass is 16.1. The number of aryl methyl sites for hydroxylation is 1. The maximum Gasteiger partial charge on any atom is 0.274 e. The Labute approximate surface area is 145 Å². The molecule has 130 valence electrons. The van der Waals surface area contributed by atoms with Gasteiger partial charge in [0.15, 0.2) is 0 Å². The number of H-pyrrole nitrogens is 1. The van der Waals surface area contributed by atoms with Gasteiger partial charge in [0, 0.05) is 44.5 Å². The average Bonchev–Trinajstić information content (AvgIpc) is 2.96. The molecular formula is C18H22N6O. The fourth-order valence-electron chi connectivity index (χ4n) is 3.47. The summed E-state index contributed by atoms with van der Waals surface area (Å²) < 4.78 is 1.35. The number of aromatic nitrogens is 4. The molecular weight excluding hydrogens is 316 g/mol. The van der Waals surface area contributed by atoms with E-state index in [1.165, 1.54) is 22.1 Å². The lowest BCUT2D eigenvalue weighted by Crippen LogP contribution is -2.31. The van der Waals surface area contributed by atoms with E-state index in [9.17, 15) is 4.79 Å². The maximum atomic E-state index is 12.1. The van der Waals surface area contributed by atoms with Crippen molar-refractivity contribution in [1.29, 1.82) is 0 Å². The van der Waals surface area contributed by atoms with Crippen LogP contribution in [0, 0.1) is 6.92 Å². The molecule has 0 bridgehead atoms. The highest BCUT2D eigenvalue weighted by molar-refractivity contribution is 5.53. The highest BCUT2D eigenvalue weighted by Crippen LogP contribution is 2.21. The number of nitrogens with zero attached hydrogens (tertiary/aromatic N) is 5. The zero-order valence-electron chi connectivity index (χ0n) is 14.4. The molecule has 0 saturated carbocycles. The van der Waals surface area contributed by atoms with Crippen molar-refractivity contribution in [3.8, 4) is 0 Å². The van der Waals surface area contributed by atoms with Gasteiger partial charge in [0.2, 0.25) is 0 Å². The van der Waals surface area contributed by atoms with Gasteiger partial charge in [-0.1, -0.05) is 18.2 Å². The van der Waals surface area contributed by atoms with Crippen LogP contribution in [0.3, 0.4) is 0 Å². The third-order valence-corrected chi connectivity index (χ3v) is 4.75. The van der Waals surface area contributed by atoms with E-state index in [2.05, 4.69) is 56.1 Å². The van der Waals surface area contributed by atoms with Crippen LogP contribution in [0.25, 0.3) is 5.78 Å². The van der Waals surface area contributed by atoms with Crippen molar-refractivity contribution in [2.75, 3.05) is 31.1 Å². The van der Waals surface area contributed by atoms with Gasteiger partial charge in [0.05, 0.1) is 5.69 Å². The number of para-hydroxylation sites is 1. The Bertz CT molecular complexity index is 930. The second-order valence-corrected chi connectivity index (χ2v) is 6.51. The van der Waals surface area contributed by atoms with Crippen LogP contribution >= 0.6 is 0 Å². The zero-order chi connectivity index (χ0) is 17.2. The summed E-state index contributed by atoms with van der Waals surface area (Å²) in [6.45, 7) is 6.83. The third-order valence-electron chi connectivity index (χ3n) is 4.75. The van der Waals surface area contributed by atoms with Crippen molar-refractivity contribution < 1.29 is 0 Å². The summed E-state index contributed by atoms with van der Waals surface area (Å²) in [5, 5.41) is 2.77. The predicted molar refractivity (Wildman–Crippen MR) is 96.9 cm³/mol. The molecule has 25 heavy (non-hydrogen) atoms. The summed E-state index contributed by atoms with van der Waals surface area (Å²) in [6, 6.07) is 10.1. The van der Waals surface area contributed by atoms with Gasteiger partial charge in [-0.05, 0) is 25.0 Å². The van der Waals surface area contributed by atoms with Crippen LogP contribution in [-0.2, 0) is 6.54 Å². The van der Waals surface area contributed by atoms with Crippen LogP contribution < -0.4 is 10.5 Å². The van der Waals surface area contributed by atoms with Gasteiger partial charge >= 0.3 is 0 Å². The normalized spacial score (nSPS) is 16.3. The van der Waals surface area contributed by atoms with Gasteiger partial charge < -0.3 is 4.90 Å². The fourth-order valence-corrected chi connectivity index (χ4v) is 3.47. The van der Waals surface area contributed by atoms with E-state index in [1.54, 1.807) is 6.07 Å². The molecule has 3 aromatic rings. The molecule has 0 unspecified atom stereocenters. The Morgan fingerprint density at radius 2 is 2.04 bits per heavy atom. The van der Waals surface area contributed by atoms with E-state index in [4.69, 9.17) is 0 Å². The molecule has 1 aromatic carbocycles. The maximum absolute atomic E-state index is 12.1. The monoisotopic (exact) mass is 338 g/mol. The summed E-state index contributed by atoms with van der Waals surface area (Å²) in [5.74, 6) is 0.429. The van der Waals surface area contributed by atoms with Crippen molar-refractivity contribution in [3.05, 3.63) is 58.3 Å². The predicted octanol–water partition coefficient (Wildman–Crippen LogP) is 1.44. The molecule has 0 aliphatic carbocycles. The van der Waals surface area contributed by atoms with Crippen molar-refractivity contribution in [3.63, 3.8) is 0 Å². The summed E-state index contributed by atoms with van der Waals surface area (Å²) in [5.41, 5.74) is 3.29. The van der Waals surface area contributed by atoms with Crippen LogP contribution in [0.1, 0.15) is 17.7 Å². The van der Waals surface area contributed by atoms with Gasteiger partial charge in [-0.15, -0.1) is 0 Å². The number of fused-ring (bicyclic) bond motifs is 1. The molecule has 0 atom stereocenters. The number of benzene rings is 1. The molecule has 7 nitrogen and oxygen atoms in total. The van der Waals surface area contributed by atoms with E-state index in [1.807, 2.05) is 0 Å². The molecule has 1 aliphatic heterocycles. The Morgan fingerprint density at radius 3 is 2.92 bits per heavy atom. The molecule has 1 fully saturated rings. The van der Waals surface area contributed by atoms with Gasteiger partial charge in [-0.25, -0.2) is 9.97 Å². The van der Waals surface area contributed by atoms with Crippen LogP contribution in [0.5, 0.6) is 0 Å². The number of nitrogens with one attached hydrogen (secondary N) is 1. The standard InChI is InChI=1S/C18H22N6O/c1-14-5-2-3-6-16(14)23-8-4-7-22(9-10-23)12-15-11-17(25)24-18(21-15)19-13-20-24/h2-3,5-6,11,13H,4,7-10,12H2,1H3,(H,19,20,21). The molecule has 0 radical (unpaired) electrons. The minimum absolute atomic E-state index is 0.117. The molecule has 1 saturated heterocycles. The van der Waals surface area contributed by atoms with Crippen LogP contribution in [0.15, 0.2) is 41.5 Å². The summed E-state index contributed by atoms with van der Waals surface area (Å²) in [4.78, 5) is 25.4. The lowest BCUT2D eigenvalue weighted by molar-refractivity contribution is 0.282. The number of aromatic amines is 1. The number of hydrogen-bond acceptors (Lipinski definition) is 5. The third kappa shape index (κ3) is 3.28. The Morgan fingerprint density at radius 1 is 1.16 bits per heavy atom. The van der Waals surface area contributed by atoms with Gasteiger partial charge in [0.1, 0.15) is 6.33 Å². The molecule has 1 aliphatic rings. The Kier molecular flexibility index (Phi) is 4.23. The molecule has 0 spiro atoms. The van der Waals surface area contributed by atoms with Crippen molar-refractivity contribution >= 4 is 11.5 Å². The summed E-state index contributed by atoms with van der Waals surface area (Å²) >= 11 is 0. The van der Waals surface area contributed by atoms with E-state index in [0.29, 0.717) is 12.3 Å².